The van der Waals surface area contributed by atoms with Gasteiger partial charge in [-0.3, -0.25) is 9.59 Å². The molecule has 4 heteroatoms. The Morgan fingerprint density at radius 2 is 1.50 bits per heavy atom. The molecule has 0 aromatic heterocycles. The van der Waals surface area contributed by atoms with Crippen molar-refractivity contribution in [1.29, 1.82) is 0 Å². The van der Waals surface area contributed by atoms with Crippen LogP contribution in [0.25, 0.3) is 0 Å². The highest BCUT2D eigenvalue weighted by Gasteiger charge is 2.28. The van der Waals surface area contributed by atoms with Gasteiger partial charge >= 0.3 is 0 Å². The van der Waals surface area contributed by atoms with Crippen LogP contribution in [0, 0.1) is 0 Å². The molecule has 2 amide bonds. The third-order valence-corrected chi connectivity index (χ3v) is 4.02. The summed E-state index contributed by atoms with van der Waals surface area (Å²) in [6.45, 7) is 2.25. The van der Waals surface area contributed by atoms with E-state index in [9.17, 15) is 9.59 Å². The van der Waals surface area contributed by atoms with Gasteiger partial charge in [-0.2, -0.15) is 0 Å². The molecular formula is C20H24N2O2. The summed E-state index contributed by atoms with van der Waals surface area (Å²) in [5, 5.41) is 2.70. The van der Waals surface area contributed by atoms with E-state index >= 15 is 0 Å². The van der Waals surface area contributed by atoms with E-state index in [0.717, 1.165) is 11.1 Å². The molecule has 2 aromatic rings. The smallest absolute Gasteiger partial charge is 0.242 e. The molecule has 0 unspecified atom stereocenters. The number of hydrogen-bond donors (Lipinski definition) is 1. The van der Waals surface area contributed by atoms with Crippen LogP contribution in [-0.2, 0) is 22.6 Å². The molecule has 0 bridgehead atoms. The summed E-state index contributed by atoms with van der Waals surface area (Å²) < 4.78 is 0. The van der Waals surface area contributed by atoms with Crippen LogP contribution in [0.3, 0.4) is 0 Å². The molecule has 0 spiro atoms. The molecule has 0 saturated heterocycles. The lowest BCUT2D eigenvalue weighted by atomic mass is 10.0. The van der Waals surface area contributed by atoms with Crippen molar-refractivity contribution in [3.8, 4) is 0 Å². The number of nitrogens with zero attached hydrogens (tertiary/aromatic N) is 1. The molecule has 0 radical (unpaired) electrons. The Morgan fingerprint density at radius 1 is 0.958 bits per heavy atom. The van der Waals surface area contributed by atoms with Gasteiger partial charge in [0, 0.05) is 26.4 Å². The van der Waals surface area contributed by atoms with Gasteiger partial charge in [0.25, 0.3) is 0 Å². The standard InChI is InChI=1S/C20H24N2O2/c1-3-19(23)22(15-17-12-8-5-9-13-17)18(20(24)21-2)14-16-10-6-4-7-11-16/h4-13,18H,3,14-15H2,1-2H3,(H,21,24)/t18-/m1/s1. The van der Waals surface area contributed by atoms with Crippen LogP contribution in [-0.4, -0.2) is 29.8 Å². The first kappa shape index (κ1) is 17.7. The molecule has 24 heavy (non-hydrogen) atoms. The van der Waals surface area contributed by atoms with Crippen molar-refractivity contribution in [2.24, 2.45) is 0 Å². The summed E-state index contributed by atoms with van der Waals surface area (Å²) in [6.07, 6.45) is 0.869. The van der Waals surface area contributed by atoms with Crippen molar-refractivity contribution in [1.82, 2.24) is 10.2 Å². The number of benzene rings is 2. The van der Waals surface area contributed by atoms with E-state index in [4.69, 9.17) is 0 Å². The van der Waals surface area contributed by atoms with Crippen LogP contribution in [0.4, 0.5) is 0 Å². The third-order valence-electron chi connectivity index (χ3n) is 4.02. The molecule has 0 aliphatic heterocycles. The van der Waals surface area contributed by atoms with E-state index in [2.05, 4.69) is 5.32 Å². The van der Waals surface area contributed by atoms with Crippen molar-refractivity contribution in [3.63, 3.8) is 0 Å². The molecule has 2 rings (SSSR count). The number of likely N-dealkylation sites (N-methyl/N-ethyl adjacent to an activating group) is 1. The Hall–Kier alpha value is -2.62. The fourth-order valence-electron chi connectivity index (χ4n) is 2.70. The number of amides is 2. The summed E-state index contributed by atoms with van der Waals surface area (Å²) in [6, 6.07) is 19.0. The Balaban J connectivity index is 2.29. The Morgan fingerprint density at radius 3 is 2.00 bits per heavy atom. The summed E-state index contributed by atoms with van der Waals surface area (Å²) in [7, 11) is 1.61. The van der Waals surface area contributed by atoms with Gasteiger partial charge in [0.2, 0.25) is 11.8 Å². The summed E-state index contributed by atoms with van der Waals surface area (Å²) in [4.78, 5) is 26.7. The highest BCUT2D eigenvalue weighted by Crippen LogP contribution is 2.15. The van der Waals surface area contributed by atoms with Gasteiger partial charge in [-0.25, -0.2) is 0 Å². The van der Waals surface area contributed by atoms with Crippen LogP contribution in [0.15, 0.2) is 60.7 Å². The van der Waals surface area contributed by atoms with Gasteiger partial charge in [0.1, 0.15) is 6.04 Å². The number of carbonyl (C=O) groups excluding carboxylic acids is 2. The largest absolute Gasteiger partial charge is 0.357 e. The first-order valence-electron chi connectivity index (χ1n) is 8.24. The van der Waals surface area contributed by atoms with E-state index < -0.39 is 6.04 Å². The SMILES string of the molecule is CCC(=O)N(Cc1ccccc1)[C@H](Cc1ccccc1)C(=O)NC. The lowest BCUT2D eigenvalue weighted by molar-refractivity contribution is -0.140. The van der Waals surface area contributed by atoms with Crippen LogP contribution in [0.5, 0.6) is 0 Å². The third kappa shape index (κ3) is 4.69. The van der Waals surface area contributed by atoms with E-state index in [1.54, 1.807) is 11.9 Å². The first-order chi connectivity index (χ1) is 11.7. The van der Waals surface area contributed by atoms with Crippen molar-refractivity contribution < 1.29 is 9.59 Å². The molecule has 0 heterocycles. The predicted molar refractivity (Wildman–Crippen MR) is 95.3 cm³/mol. The second-order valence-corrected chi connectivity index (χ2v) is 5.68. The zero-order valence-corrected chi connectivity index (χ0v) is 14.2. The van der Waals surface area contributed by atoms with E-state index in [-0.39, 0.29) is 11.8 Å². The molecule has 0 aliphatic rings. The van der Waals surface area contributed by atoms with E-state index in [1.165, 1.54) is 0 Å². The van der Waals surface area contributed by atoms with Crippen LogP contribution >= 0.6 is 0 Å². The average molecular weight is 324 g/mol. The van der Waals surface area contributed by atoms with Crippen LogP contribution in [0.1, 0.15) is 24.5 Å². The minimum absolute atomic E-state index is 0.0246. The molecule has 2 aromatic carbocycles. The Labute approximate surface area is 143 Å². The Kier molecular flexibility index (Phi) is 6.55. The highest BCUT2D eigenvalue weighted by atomic mass is 16.2. The topological polar surface area (TPSA) is 49.4 Å². The fourth-order valence-corrected chi connectivity index (χ4v) is 2.70. The first-order valence-corrected chi connectivity index (χ1v) is 8.24. The van der Waals surface area contributed by atoms with Gasteiger partial charge in [-0.15, -0.1) is 0 Å². The number of rotatable bonds is 7. The van der Waals surface area contributed by atoms with Gasteiger partial charge in [0.15, 0.2) is 0 Å². The second-order valence-electron chi connectivity index (χ2n) is 5.68. The quantitative estimate of drug-likeness (QED) is 0.851. The summed E-state index contributed by atoms with van der Waals surface area (Å²) in [5.74, 6) is -0.167. The van der Waals surface area contributed by atoms with Gasteiger partial charge in [-0.1, -0.05) is 67.6 Å². The minimum atomic E-state index is -0.523. The number of nitrogens with one attached hydrogen (secondary N) is 1. The molecular weight excluding hydrogens is 300 g/mol. The van der Waals surface area contributed by atoms with Gasteiger partial charge in [-0.05, 0) is 11.1 Å². The fraction of sp³-hybridized carbons (Fsp3) is 0.300. The van der Waals surface area contributed by atoms with E-state index in [1.807, 2.05) is 67.6 Å². The maximum atomic E-state index is 12.5. The van der Waals surface area contributed by atoms with Crippen molar-refractivity contribution in [2.45, 2.75) is 32.4 Å². The highest BCUT2D eigenvalue weighted by molar-refractivity contribution is 5.87. The maximum absolute atomic E-state index is 12.5. The lowest BCUT2D eigenvalue weighted by Crippen LogP contribution is -2.49. The van der Waals surface area contributed by atoms with Crippen LogP contribution in [0.2, 0.25) is 0 Å². The average Bonchev–Trinajstić information content (AvgIpc) is 2.65. The van der Waals surface area contributed by atoms with Crippen molar-refractivity contribution in [3.05, 3.63) is 71.8 Å². The normalized spacial score (nSPS) is 11.6. The number of hydrogen-bond acceptors (Lipinski definition) is 2. The number of carbonyl (C=O) groups is 2. The van der Waals surface area contributed by atoms with Crippen LogP contribution < -0.4 is 5.32 Å². The van der Waals surface area contributed by atoms with Gasteiger partial charge < -0.3 is 10.2 Å². The molecule has 126 valence electrons. The van der Waals surface area contributed by atoms with Gasteiger partial charge in [0.05, 0.1) is 0 Å². The summed E-state index contributed by atoms with van der Waals surface area (Å²) in [5.41, 5.74) is 2.05. The van der Waals surface area contributed by atoms with E-state index in [0.29, 0.717) is 19.4 Å². The second kappa shape index (κ2) is 8.87. The Bertz CT molecular complexity index is 596. The lowest BCUT2D eigenvalue weighted by Gasteiger charge is -2.31. The van der Waals surface area contributed by atoms with Crippen molar-refractivity contribution >= 4 is 11.8 Å². The monoisotopic (exact) mass is 324 g/mol. The zero-order valence-electron chi connectivity index (χ0n) is 14.2. The predicted octanol–water partition coefficient (Wildman–Crippen LogP) is 2.78. The van der Waals surface area contributed by atoms with Crippen molar-refractivity contribution in [2.75, 3.05) is 7.05 Å². The molecule has 0 saturated carbocycles. The molecule has 0 fully saturated rings. The summed E-state index contributed by atoms with van der Waals surface area (Å²) >= 11 is 0. The minimum Gasteiger partial charge on any atom is -0.357 e. The molecule has 4 nitrogen and oxygen atoms in total. The zero-order chi connectivity index (χ0) is 17.4. The molecule has 0 aliphatic carbocycles. The maximum Gasteiger partial charge on any atom is 0.242 e. The molecule has 1 atom stereocenters. The molecule has 1 N–H and O–H groups in total.